The number of carbonyl (C=O) groups is 1. The zero-order valence-corrected chi connectivity index (χ0v) is 13.5. The van der Waals surface area contributed by atoms with E-state index in [0.717, 1.165) is 31.2 Å². The number of aromatic nitrogens is 4. The van der Waals surface area contributed by atoms with Gasteiger partial charge in [0.2, 0.25) is 5.91 Å². The van der Waals surface area contributed by atoms with Crippen LogP contribution in [0.3, 0.4) is 0 Å². The van der Waals surface area contributed by atoms with Gasteiger partial charge in [-0.15, -0.1) is 0 Å². The Bertz CT molecular complexity index is 815. The third kappa shape index (κ3) is 3.04. The van der Waals surface area contributed by atoms with Crippen LogP contribution in [0.25, 0.3) is 10.9 Å². The molecule has 1 fully saturated rings. The molecule has 1 amide bonds. The number of benzene rings is 1. The maximum Gasteiger partial charge on any atom is 0.240 e. The largest absolute Gasteiger partial charge is 0.352 e. The van der Waals surface area contributed by atoms with Crippen molar-refractivity contribution in [3.8, 4) is 0 Å². The molecule has 1 saturated carbocycles. The summed E-state index contributed by atoms with van der Waals surface area (Å²) in [6, 6.07) is 10.9. The summed E-state index contributed by atoms with van der Waals surface area (Å²) < 4.78 is 3.94. The van der Waals surface area contributed by atoms with Gasteiger partial charge in [0.1, 0.15) is 19.2 Å². The SMILES string of the molecule is O=C(Cn1ccc2ccccc21)NC1CCC(n2cncn2)CC1. The molecule has 1 aliphatic rings. The maximum atomic E-state index is 12.4. The molecule has 6 nitrogen and oxygen atoms in total. The second-order valence-electron chi connectivity index (χ2n) is 6.45. The van der Waals surface area contributed by atoms with Crippen molar-refractivity contribution in [1.29, 1.82) is 0 Å². The highest BCUT2D eigenvalue weighted by Gasteiger charge is 2.23. The Hall–Kier alpha value is -2.63. The zero-order chi connectivity index (χ0) is 16.4. The second-order valence-corrected chi connectivity index (χ2v) is 6.45. The molecule has 0 bridgehead atoms. The molecule has 4 rings (SSSR count). The van der Waals surface area contributed by atoms with Gasteiger partial charge in [0.25, 0.3) is 0 Å². The number of fused-ring (bicyclic) bond motifs is 1. The first-order chi connectivity index (χ1) is 11.8. The molecule has 0 saturated heterocycles. The molecule has 2 aromatic heterocycles. The highest BCUT2D eigenvalue weighted by atomic mass is 16.2. The van der Waals surface area contributed by atoms with Gasteiger partial charge in [-0.3, -0.25) is 4.79 Å². The van der Waals surface area contributed by atoms with Crippen molar-refractivity contribution in [2.24, 2.45) is 0 Å². The molecule has 0 unspecified atom stereocenters. The van der Waals surface area contributed by atoms with Crippen molar-refractivity contribution in [2.75, 3.05) is 0 Å². The second kappa shape index (κ2) is 6.47. The number of hydrogen-bond donors (Lipinski definition) is 1. The third-order valence-corrected chi connectivity index (χ3v) is 4.87. The van der Waals surface area contributed by atoms with E-state index in [2.05, 4.69) is 21.5 Å². The van der Waals surface area contributed by atoms with Gasteiger partial charge in [0.15, 0.2) is 0 Å². The van der Waals surface area contributed by atoms with Crippen molar-refractivity contribution in [2.45, 2.75) is 44.3 Å². The Balaban J connectivity index is 1.32. The Morgan fingerprint density at radius 2 is 2.00 bits per heavy atom. The van der Waals surface area contributed by atoms with E-state index in [9.17, 15) is 4.79 Å². The fourth-order valence-corrected chi connectivity index (χ4v) is 3.60. The van der Waals surface area contributed by atoms with Crippen LogP contribution in [0.4, 0.5) is 0 Å². The van der Waals surface area contributed by atoms with Gasteiger partial charge in [-0.25, -0.2) is 9.67 Å². The molecule has 1 aromatic carbocycles. The van der Waals surface area contributed by atoms with E-state index >= 15 is 0 Å². The molecule has 1 aliphatic carbocycles. The summed E-state index contributed by atoms with van der Waals surface area (Å²) >= 11 is 0. The zero-order valence-electron chi connectivity index (χ0n) is 13.5. The normalized spacial score (nSPS) is 21.0. The smallest absolute Gasteiger partial charge is 0.240 e. The first-order valence-electron chi connectivity index (χ1n) is 8.47. The fourth-order valence-electron chi connectivity index (χ4n) is 3.60. The lowest BCUT2D eigenvalue weighted by molar-refractivity contribution is -0.122. The van der Waals surface area contributed by atoms with Gasteiger partial charge in [0, 0.05) is 17.8 Å². The number of carbonyl (C=O) groups excluding carboxylic acids is 1. The quantitative estimate of drug-likeness (QED) is 0.802. The van der Waals surface area contributed by atoms with E-state index in [4.69, 9.17) is 0 Å². The van der Waals surface area contributed by atoms with Crippen LogP contribution in [0.5, 0.6) is 0 Å². The molecular weight excluding hydrogens is 302 g/mol. The topological polar surface area (TPSA) is 64.7 Å². The minimum Gasteiger partial charge on any atom is -0.352 e. The molecule has 0 atom stereocenters. The average molecular weight is 323 g/mol. The van der Waals surface area contributed by atoms with E-state index in [1.54, 1.807) is 12.7 Å². The van der Waals surface area contributed by atoms with E-state index in [-0.39, 0.29) is 11.9 Å². The van der Waals surface area contributed by atoms with Crippen LogP contribution in [0.1, 0.15) is 31.7 Å². The lowest BCUT2D eigenvalue weighted by Crippen LogP contribution is -2.39. The number of nitrogens with one attached hydrogen (secondary N) is 1. The van der Waals surface area contributed by atoms with E-state index in [1.165, 1.54) is 5.39 Å². The third-order valence-electron chi connectivity index (χ3n) is 4.87. The minimum atomic E-state index is 0.0839. The van der Waals surface area contributed by atoms with Gasteiger partial charge in [-0.2, -0.15) is 5.10 Å². The molecule has 0 spiro atoms. The van der Waals surface area contributed by atoms with Crippen LogP contribution >= 0.6 is 0 Å². The van der Waals surface area contributed by atoms with Crippen LogP contribution in [0.2, 0.25) is 0 Å². The standard InChI is InChI=1S/C18H21N5O/c24-18(11-22-10-9-14-3-1-2-4-17(14)22)21-15-5-7-16(8-6-15)23-13-19-12-20-23/h1-4,9-10,12-13,15-16H,5-8,11H2,(H,21,24). The summed E-state index contributed by atoms with van der Waals surface area (Å²) in [7, 11) is 0. The molecule has 0 radical (unpaired) electrons. The lowest BCUT2D eigenvalue weighted by Gasteiger charge is -2.29. The van der Waals surface area contributed by atoms with Crippen LogP contribution in [0.15, 0.2) is 49.2 Å². The van der Waals surface area contributed by atoms with Gasteiger partial charge in [0.05, 0.1) is 6.04 Å². The highest BCUT2D eigenvalue weighted by Crippen LogP contribution is 2.27. The van der Waals surface area contributed by atoms with Crippen molar-refractivity contribution in [1.82, 2.24) is 24.6 Å². The molecule has 24 heavy (non-hydrogen) atoms. The predicted molar refractivity (Wildman–Crippen MR) is 91.4 cm³/mol. The van der Waals surface area contributed by atoms with Crippen molar-refractivity contribution < 1.29 is 4.79 Å². The Morgan fingerprint density at radius 1 is 1.17 bits per heavy atom. The van der Waals surface area contributed by atoms with Crippen LogP contribution < -0.4 is 5.32 Å². The van der Waals surface area contributed by atoms with E-state index < -0.39 is 0 Å². The summed E-state index contributed by atoms with van der Waals surface area (Å²) in [5, 5.41) is 8.57. The predicted octanol–water partition coefficient (Wildman–Crippen LogP) is 2.53. The number of hydrogen-bond acceptors (Lipinski definition) is 3. The fraction of sp³-hybridized carbons (Fsp3) is 0.389. The monoisotopic (exact) mass is 323 g/mol. The Labute approximate surface area is 140 Å². The number of rotatable bonds is 4. The first-order valence-corrected chi connectivity index (χ1v) is 8.47. The molecular formula is C18H21N5O. The maximum absolute atomic E-state index is 12.4. The van der Waals surface area contributed by atoms with Crippen LogP contribution in [-0.2, 0) is 11.3 Å². The van der Waals surface area contributed by atoms with Crippen LogP contribution in [0, 0.1) is 0 Å². The number of nitrogens with zero attached hydrogens (tertiary/aromatic N) is 4. The minimum absolute atomic E-state index is 0.0839. The molecule has 1 N–H and O–H groups in total. The molecule has 6 heteroatoms. The number of para-hydroxylation sites is 1. The first kappa shape index (κ1) is 14.9. The average Bonchev–Trinajstić information content (AvgIpc) is 3.26. The van der Waals surface area contributed by atoms with Crippen molar-refractivity contribution >= 4 is 16.8 Å². The van der Waals surface area contributed by atoms with Gasteiger partial charge >= 0.3 is 0 Å². The van der Waals surface area contributed by atoms with Gasteiger partial charge in [-0.1, -0.05) is 18.2 Å². The lowest BCUT2D eigenvalue weighted by atomic mass is 9.91. The summed E-state index contributed by atoms with van der Waals surface area (Å²) in [5.41, 5.74) is 1.10. The van der Waals surface area contributed by atoms with Crippen molar-refractivity contribution in [3.63, 3.8) is 0 Å². The number of amides is 1. The highest BCUT2D eigenvalue weighted by molar-refractivity contribution is 5.83. The van der Waals surface area contributed by atoms with Gasteiger partial charge in [-0.05, 0) is 43.2 Å². The van der Waals surface area contributed by atoms with Gasteiger partial charge < -0.3 is 9.88 Å². The Morgan fingerprint density at radius 3 is 2.79 bits per heavy atom. The van der Waals surface area contributed by atoms with Crippen LogP contribution in [-0.4, -0.2) is 31.3 Å². The molecule has 3 aromatic rings. The summed E-state index contributed by atoms with van der Waals surface area (Å²) in [4.78, 5) is 16.4. The van der Waals surface area contributed by atoms with Crippen molar-refractivity contribution in [3.05, 3.63) is 49.2 Å². The summed E-state index contributed by atoms with van der Waals surface area (Å²) in [6.45, 7) is 0.372. The van der Waals surface area contributed by atoms with E-state index in [0.29, 0.717) is 12.6 Å². The molecule has 2 heterocycles. The summed E-state index contributed by atoms with van der Waals surface area (Å²) in [5.74, 6) is 0.0839. The summed E-state index contributed by atoms with van der Waals surface area (Å²) in [6.07, 6.45) is 9.37. The Kier molecular flexibility index (Phi) is 4.02. The van der Waals surface area contributed by atoms with E-state index in [1.807, 2.05) is 39.7 Å². The molecule has 124 valence electrons. The molecule has 0 aliphatic heterocycles.